The summed E-state index contributed by atoms with van der Waals surface area (Å²) < 4.78 is 6.34. The lowest BCUT2D eigenvalue weighted by atomic mass is 10.2. The van der Waals surface area contributed by atoms with E-state index in [1.807, 2.05) is 44.2 Å². The van der Waals surface area contributed by atoms with Crippen molar-refractivity contribution in [3.63, 3.8) is 0 Å². The van der Waals surface area contributed by atoms with Crippen molar-refractivity contribution in [3.05, 3.63) is 64.1 Å². The molecule has 23 heavy (non-hydrogen) atoms. The second-order valence-corrected chi connectivity index (χ2v) is 4.14. The summed E-state index contributed by atoms with van der Waals surface area (Å²) in [5.74, 6) is -0.489. The molecule has 2 rings (SSSR count). The molecule has 0 aliphatic heterocycles. The number of hydrogen-bond acceptors (Lipinski definition) is 4. The van der Waals surface area contributed by atoms with Crippen LogP contribution in [0.3, 0.4) is 0 Å². The first-order valence-electron chi connectivity index (χ1n) is 7.28. The van der Waals surface area contributed by atoms with E-state index >= 15 is 0 Å². The van der Waals surface area contributed by atoms with E-state index in [0.717, 1.165) is 5.56 Å². The second-order valence-electron chi connectivity index (χ2n) is 4.14. The van der Waals surface area contributed by atoms with Gasteiger partial charge in [-0.25, -0.2) is 4.68 Å². The first-order chi connectivity index (χ1) is 11.2. The summed E-state index contributed by atoms with van der Waals surface area (Å²) in [5.41, 5.74) is 0.556. The fraction of sp³-hybridized carbons (Fsp3) is 0.235. The van der Waals surface area contributed by atoms with Crippen molar-refractivity contribution in [2.75, 3.05) is 14.2 Å². The quantitative estimate of drug-likeness (QED) is 0.878. The third-order valence-corrected chi connectivity index (χ3v) is 2.81. The zero-order chi connectivity index (χ0) is 17.2. The molecule has 1 N–H and O–H groups in total. The van der Waals surface area contributed by atoms with Gasteiger partial charge in [-0.05, 0) is 5.56 Å². The molecule has 1 aromatic heterocycles. The van der Waals surface area contributed by atoms with Crippen molar-refractivity contribution in [2.24, 2.45) is 5.10 Å². The minimum absolute atomic E-state index is 0.0398. The monoisotopic (exact) mass is 315 g/mol. The van der Waals surface area contributed by atoms with E-state index in [1.165, 1.54) is 31.1 Å². The van der Waals surface area contributed by atoms with Gasteiger partial charge in [-0.3, -0.25) is 9.59 Å². The van der Waals surface area contributed by atoms with Crippen LogP contribution in [0.2, 0.25) is 0 Å². The molecular formula is C17H21N3O3. The van der Waals surface area contributed by atoms with Crippen LogP contribution < -0.4 is 15.5 Å². The Hall–Kier alpha value is -2.89. The van der Waals surface area contributed by atoms with Gasteiger partial charge in [-0.1, -0.05) is 44.2 Å². The van der Waals surface area contributed by atoms with Crippen LogP contribution in [0.5, 0.6) is 5.75 Å². The van der Waals surface area contributed by atoms with E-state index in [1.54, 1.807) is 6.21 Å². The van der Waals surface area contributed by atoms with Crippen LogP contribution in [-0.2, 0) is 0 Å². The van der Waals surface area contributed by atoms with Crippen molar-refractivity contribution >= 4 is 12.1 Å². The highest BCUT2D eigenvalue weighted by Gasteiger charge is 2.18. The summed E-state index contributed by atoms with van der Waals surface area (Å²) in [4.78, 5) is 23.7. The van der Waals surface area contributed by atoms with Crippen molar-refractivity contribution in [1.29, 1.82) is 0 Å². The number of amides is 1. The van der Waals surface area contributed by atoms with Gasteiger partial charge in [0.2, 0.25) is 5.43 Å². The van der Waals surface area contributed by atoms with Crippen LogP contribution >= 0.6 is 0 Å². The van der Waals surface area contributed by atoms with E-state index in [-0.39, 0.29) is 16.9 Å². The molecule has 0 saturated carbocycles. The zero-order valence-electron chi connectivity index (χ0n) is 13.7. The molecule has 1 amide bonds. The standard InChI is InChI=1S/C15H15N3O3.C2H6/c1-16-15(20)13-14(21-2)12(19)8-9-18(13)17-10-11-6-4-3-5-7-11;1-2/h3-10H,1-2H3,(H,16,20);1-2H3/b17-10-;. The number of carbonyl (C=O) groups is 1. The van der Waals surface area contributed by atoms with E-state index in [9.17, 15) is 9.59 Å². The first-order valence-corrected chi connectivity index (χ1v) is 7.28. The topological polar surface area (TPSA) is 72.7 Å². The average Bonchev–Trinajstić information content (AvgIpc) is 2.62. The molecular weight excluding hydrogens is 294 g/mol. The third-order valence-electron chi connectivity index (χ3n) is 2.81. The van der Waals surface area contributed by atoms with E-state index < -0.39 is 5.91 Å². The molecule has 122 valence electrons. The molecule has 0 unspecified atom stereocenters. The van der Waals surface area contributed by atoms with Gasteiger partial charge in [0, 0.05) is 19.3 Å². The normalized spacial score (nSPS) is 9.91. The van der Waals surface area contributed by atoms with Gasteiger partial charge < -0.3 is 10.1 Å². The van der Waals surface area contributed by atoms with Gasteiger partial charge in [-0.15, -0.1) is 0 Å². The highest BCUT2D eigenvalue weighted by Crippen LogP contribution is 2.12. The van der Waals surface area contributed by atoms with Crippen molar-refractivity contribution in [1.82, 2.24) is 9.99 Å². The Morgan fingerprint density at radius 3 is 2.43 bits per heavy atom. The maximum Gasteiger partial charge on any atom is 0.273 e. The number of aromatic nitrogens is 1. The van der Waals surface area contributed by atoms with Crippen LogP contribution in [0.1, 0.15) is 29.9 Å². The summed E-state index contributed by atoms with van der Waals surface area (Å²) in [6.07, 6.45) is 3.02. The summed E-state index contributed by atoms with van der Waals surface area (Å²) in [6.45, 7) is 4.00. The lowest BCUT2D eigenvalue weighted by Crippen LogP contribution is -2.26. The zero-order valence-corrected chi connectivity index (χ0v) is 13.7. The molecule has 6 nitrogen and oxygen atoms in total. The molecule has 0 radical (unpaired) electrons. The maximum absolute atomic E-state index is 12.0. The van der Waals surface area contributed by atoms with Crippen molar-refractivity contribution in [3.8, 4) is 5.75 Å². The number of methoxy groups -OCH3 is 1. The highest BCUT2D eigenvalue weighted by molar-refractivity contribution is 5.95. The smallest absolute Gasteiger partial charge is 0.273 e. The molecule has 6 heteroatoms. The van der Waals surface area contributed by atoms with Gasteiger partial charge in [0.05, 0.1) is 13.3 Å². The van der Waals surface area contributed by atoms with Crippen LogP contribution in [0, 0.1) is 0 Å². The lowest BCUT2D eigenvalue weighted by Gasteiger charge is -2.10. The molecule has 0 spiro atoms. The third kappa shape index (κ3) is 4.54. The Morgan fingerprint density at radius 1 is 1.22 bits per heavy atom. The number of ether oxygens (including phenoxy) is 1. The van der Waals surface area contributed by atoms with Crippen LogP contribution in [-0.4, -0.2) is 31.0 Å². The number of pyridine rings is 1. The molecule has 1 aromatic carbocycles. The van der Waals surface area contributed by atoms with E-state index in [2.05, 4.69) is 10.4 Å². The number of rotatable bonds is 4. The Morgan fingerprint density at radius 2 is 1.87 bits per heavy atom. The molecule has 0 saturated heterocycles. The number of carbonyl (C=O) groups excluding carboxylic acids is 1. The fourth-order valence-corrected chi connectivity index (χ4v) is 1.80. The lowest BCUT2D eigenvalue weighted by molar-refractivity contribution is 0.0950. The Bertz CT molecular complexity index is 722. The van der Waals surface area contributed by atoms with Gasteiger partial charge in [0.15, 0.2) is 11.4 Å². The van der Waals surface area contributed by atoms with Crippen molar-refractivity contribution in [2.45, 2.75) is 13.8 Å². The first kappa shape index (κ1) is 18.2. The fourth-order valence-electron chi connectivity index (χ4n) is 1.80. The summed E-state index contributed by atoms with van der Waals surface area (Å²) in [5, 5.41) is 6.68. The largest absolute Gasteiger partial charge is 0.491 e. The summed E-state index contributed by atoms with van der Waals surface area (Å²) in [7, 11) is 2.82. The number of benzene rings is 1. The Kier molecular flexibility index (Phi) is 7.26. The van der Waals surface area contributed by atoms with Crippen LogP contribution in [0.15, 0.2) is 52.5 Å². The SMILES string of the molecule is CC.CNC(=O)c1c(OC)c(=O)ccn1/N=C\c1ccccc1. The molecule has 0 aliphatic carbocycles. The number of nitrogens with zero attached hydrogens (tertiary/aromatic N) is 2. The Labute approximate surface area is 135 Å². The summed E-state index contributed by atoms with van der Waals surface area (Å²) >= 11 is 0. The van der Waals surface area contributed by atoms with Gasteiger partial charge >= 0.3 is 0 Å². The number of nitrogens with one attached hydrogen (secondary N) is 1. The van der Waals surface area contributed by atoms with Gasteiger partial charge in [-0.2, -0.15) is 5.10 Å². The second kappa shape index (κ2) is 9.19. The van der Waals surface area contributed by atoms with Crippen LogP contribution in [0.25, 0.3) is 0 Å². The highest BCUT2D eigenvalue weighted by atomic mass is 16.5. The van der Waals surface area contributed by atoms with Crippen LogP contribution in [0.4, 0.5) is 0 Å². The summed E-state index contributed by atoms with van der Waals surface area (Å²) in [6, 6.07) is 10.7. The Balaban J connectivity index is 0.00000127. The molecule has 0 fully saturated rings. The average molecular weight is 315 g/mol. The van der Waals surface area contributed by atoms with Crippen molar-refractivity contribution < 1.29 is 9.53 Å². The van der Waals surface area contributed by atoms with Gasteiger partial charge in [0.25, 0.3) is 5.91 Å². The molecule has 2 aromatic rings. The van der Waals surface area contributed by atoms with E-state index in [4.69, 9.17) is 4.74 Å². The predicted molar refractivity (Wildman–Crippen MR) is 91.4 cm³/mol. The molecule has 0 atom stereocenters. The van der Waals surface area contributed by atoms with E-state index in [0.29, 0.717) is 0 Å². The predicted octanol–water partition coefficient (Wildman–Crippen LogP) is 2.12. The van der Waals surface area contributed by atoms with Gasteiger partial charge in [0.1, 0.15) is 0 Å². The molecule has 0 bridgehead atoms. The minimum atomic E-state index is -0.449. The molecule has 0 aliphatic rings. The minimum Gasteiger partial charge on any atom is -0.491 e. The number of hydrogen-bond donors (Lipinski definition) is 1. The molecule has 1 heterocycles. The maximum atomic E-state index is 12.0.